The molecular weight excluding hydrogens is 428 g/mol. The van der Waals surface area contributed by atoms with Gasteiger partial charge >= 0.3 is 5.97 Å². The Bertz CT molecular complexity index is 1210. The van der Waals surface area contributed by atoms with E-state index in [0.29, 0.717) is 0 Å². The molecule has 0 amide bonds. The first-order valence-corrected chi connectivity index (χ1v) is 10.2. The van der Waals surface area contributed by atoms with Gasteiger partial charge in [0.2, 0.25) is 0 Å². The minimum absolute atomic E-state index is 0.00311. The minimum atomic E-state index is -1.49. The van der Waals surface area contributed by atoms with Gasteiger partial charge in [-0.1, -0.05) is 30.3 Å². The molecule has 0 N–H and O–H groups in total. The molecule has 8 heteroatoms. The van der Waals surface area contributed by atoms with Gasteiger partial charge in [0, 0.05) is 12.1 Å². The number of fused-ring (bicyclic) bond motifs is 3. The summed E-state index contributed by atoms with van der Waals surface area (Å²) >= 11 is 0. The molecule has 0 saturated heterocycles. The number of allylic oxidation sites excluding steroid dienone is 2. The Kier molecular flexibility index (Phi) is 5.53. The van der Waals surface area contributed by atoms with Crippen LogP contribution < -0.4 is 14.2 Å². The molecule has 1 aliphatic carbocycles. The van der Waals surface area contributed by atoms with Crippen molar-refractivity contribution in [3.63, 3.8) is 0 Å². The third kappa shape index (κ3) is 3.38. The van der Waals surface area contributed by atoms with E-state index in [1.54, 1.807) is 6.92 Å². The molecule has 0 bridgehead atoms. The summed E-state index contributed by atoms with van der Waals surface area (Å²) in [4.78, 5) is 51.1. The lowest BCUT2D eigenvalue weighted by Crippen LogP contribution is -2.47. The number of ketones is 3. The van der Waals surface area contributed by atoms with Crippen LogP contribution in [0.1, 0.15) is 35.3 Å². The third-order valence-corrected chi connectivity index (χ3v) is 5.99. The molecule has 0 fully saturated rings. The molecule has 2 atom stereocenters. The Morgan fingerprint density at radius 2 is 1.73 bits per heavy atom. The molecule has 0 aromatic heterocycles. The number of benzene rings is 2. The lowest BCUT2D eigenvalue weighted by atomic mass is 9.67. The van der Waals surface area contributed by atoms with Crippen molar-refractivity contribution in [1.29, 1.82) is 0 Å². The van der Waals surface area contributed by atoms with Crippen molar-refractivity contribution >= 4 is 23.3 Å². The predicted octanol–water partition coefficient (Wildman–Crippen LogP) is 2.95. The van der Waals surface area contributed by atoms with Crippen molar-refractivity contribution in [1.82, 2.24) is 0 Å². The molecule has 1 aliphatic heterocycles. The van der Waals surface area contributed by atoms with Crippen molar-refractivity contribution in [2.45, 2.75) is 25.9 Å². The fourth-order valence-electron chi connectivity index (χ4n) is 4.27. The highest BCUT2D eigenvalue weighted by atomic mass is 16.5. The molecule has 8 nitrogen and oxygen atoms in total. The maximum atomic E-state index is 13.4. The van der Waals surface area contributed by atoms with E-state index in [0.717, 1.165) is 11.6 Å². The summed E-state index contributed by atoms with van der Waals surface area (Å²) in [6, 6.07) is 10.6. The van der Waals surface area contributed by atoms with Crippen molar-refractivity contribution in [2.24, 2.45) is 5.92 Å². The topological polar surface area (TPSA) is 105 Å². The van der Waals surface area contributed by atoms with Gasteiger partial charge in [-0.05, 0) is 19.4 Å². The number of esters is 1. The highest BCUT2D eigenvalue weighted by Crippen LogP contribution is 2.56. The van der Waals surface area contributed by atoms with Crippen LogP contribution in [0.25, 0.3) is 0 Å². The monoisotopic (exact) mass is 450 g/mol. The number of ether oxygens (including phenoxy) is 4. The van der Waals surface area contributed by atoms with E-state index in [4.69, 9.17) is 18.9 Å². The molecule has 2 aromatic rings. The maximum absolute atomic E-state index is 13.4. The Labute approximate surface area is 190 Å². The maximum Gasteiger partial charge on any atom is 0.346 e. The van der Waals surface area contributed by atoms with E-state index in [-0.39, 0.29) is 40.7 Å². The fraction of sp³-hybridized carbons (Fsp3) is 0.280. The summed E-state index contributed by atoms with van der Waals surface area (Å²) in [5, 5.41) is 0. The van der Waals surface area contributed by atoms with E-state index in [2.05, 4.69) is 0 Å². The highest BCUT2D eigenvalue weighted by Gasteiger charge is 2.58. The number of methoxy groups -OCH3 is 2. The Balaban J connectivity index is 1.85. The van der Waals surface area contributed by atoms with Gasteiger partial charge in [-0.25, -0.2) is 4.79 Å². The molecule has 0 radical (unpaired) electrons. The van der Waals surface area contributed by atoms with Crippen molar-refractivity contribution in [3.05, 3.63) is 64.9 Å². The zero-order chi connectivity index (χ0) is 23.9. The van der Waals surface area contributed by atoms with Crippen LogP contribution in [0.3, 0.4) is 0 Å². The van der Waals surface area contributed by atoms with Crippen molar-refractivity contribution in [2.75, 3.05) is 14.2 Å². The smallest absolute Gasteiger partial charge is 0.346 e. The Hall–Kier alpha value is -3.94. The average molecular weight is 450 g/mol. The second kappa shape index (κ2) is 8.20. The predicted molar refractivity (Wildman–Crippen MR) is 115 cm³/mol. The first-order valence-electron chi connectivity index (χ1n) is 10.2. The summed E-state index contributed by atoms with van der Waals surface area (Å²) in [6.07, 6.45) is 1.14. The van der Waals surface area contributed by atoms with Crippen LogP contribution in [0.15, 0.2) is 48.2 Å². The summed E-state index contributed by atoms with van der Waals surface area (Å²) in [6.45, 7) is 2.74. The Morgan fingerprint density at radius 1 is 1.06 bits per heavy atom. The normalized spacial score (nSPS) is 20.8. The van der Waals surface area contributed by atoms with Crippen LogP contribution in [0.4, 0.5) is 0 Å². The third-order valence-electron chi connectivity index (χ3n) is 5.99. The van der Waals surface area contributed by atoms with Crippen LogP contribution in [0.2, 0.25) is 0 Å². The number of hydrogen-bond donors (Lipinski definition) is 0. The fourth-order valence-corrected chi connectivity index (χ4v) is 4.27. The van der Waals surface area contributed by atoms with Crippen LogP contribution in [-0.4, -0.2) is 37.5 Å². The lowest BCUT2D eigenvalue weighted by Gasteiger charge is -2.30. The molecule has 170 valence electrons. The van der Waals surface area contributed by atoms with Crippen molar-refractivity contribution < 1.29 is 38.1 Å². The first kappa shape index (κ1) is 22.3. The zero-order valence-electron chi connectivity index (χ0n) is 18.6. The van der Waals surface area contributed by atoms with Gasteiger partial charge in [0.05, 0.1) is 19.8 Å². The highest BCUT2D eigenvalue weighted by molar-refractivity contribution is 6.27. The van der Waals surface area contributed by atoms with Gasteiger partial charge in [0.15, 0.2) is 17.3 Å². The number of hydrogen-bond acceptors (Lipinski definition) is 8. The first-order chi connectivity index (χ1) is 15.7. The van der Waals surface area contributed by atoms with Gasteiger partial charge in [0.25, 0.3) is 0 Å². The summed E-state index contributed by atoms with van der Waals surface area (Å²) in [5.74, 6) is -3.68. The molecule has 4 rings (SSSR count). The van der Waals surface area contributed by atoms with Gasteiger partial charge in [-0.2, -0.15) is 0 Å². The molecule has 1 unspecified atom stereocenters. The minimum Gasteiger partial charge on any atom is -0.496 e. The molecule has 2 aliphatic rings. The number of rotatable bonds is 6. The van der Waals surface area contributed by atoms with E-state index < -0.39 is 34.7 Å². The van der Waals surface area contributed by atoms with Crippen molar-refractivity contribution in [3.8, 4) is 17.2 Å². The van der Waals surface area contributed by atoms with E-state index in [1.807, 2.05) is 30.3 Å². The summed E-state index contributed by atoms with van der Waals surface area (Å²) in [7, 11) is 2.77. The quantitative estimate of drug-likeness (QED) is 0.489. The summed E-state index contributed by atoms with van der Waals surface area (Å²) in [5.41, 5.74) is -0.511. The molecule has 2 aromatic carbocycles. The van der Waals surface area contributed by atoms with Crippen LogP contribution in [0, 0.1) is 5.92 Å². The van der Waals surface area contributed by atoms with Gasteiger partial charge < -0.3 is 18.9 Å². The molecule has 33 heavy (non-hydrogen) atoms. The zero-order valence-corrected chi connectivity index (χ0v) is 18.6. The van der Waals surface area contributed by atoms with Crippen LogP contribution in [0.5, 0.6) is 17.2 Å². The van der Waals surface area contributed by atoms with Gasteiger partial charge in [-0.3, -0.25) is 14.4 Å². The molecular formula is C25H22O8. The van der Waals surface area contributed by atoms with Gasteiger partial charge in [-0.15, -0.1) is 0 Å². The van der Waals surface area contributed by atoms with E-state index in [1.165, 1.54) is 27.2 Å². The number of carbonyl (C=O) groups excluding carboxylic acids is 4. The second-order valence-electron chi connectivity index (χ2n) is 7.97. The van der Waals surface area contributed by atoms with Gasteiger partial charge in [0.1, 0.15) is 46.5 Å². The Morgan fingerprint density at radius 3 is 2.33 bits per heavy atom. The molecule has 1 heterocycles. The largest absolute Gasteiger partial charge is 0.496 e. The number of Topliss-reactive ketones (excluding diaryl/α,β-unsaturated/α-hetero) is 2. The van der Waals surface area contributed by atoms with E-state index >= 15 is 0 Å². The molecule has 0 spiro atoms. The second-order valence-corrected chi connectivity index (χ2v) is 7.97. The number of carbonyl (C=O) groups is 4. The standard InChI is InChI=1S/C25H22O8/c1-13(26)19-15(27)10-18-25(2,23(19)28)21-17(31-4)11-16(30-3)20(22(21)33-18)24(29)32-12-14-8-6-5-7-9-14/h5-11,19H,12H2,1-4H3/t19?,25-/m1/s1. The van der Waals surface area contributed by atoms with E-state index in [9.17, 15) is 19.2 Å². The van der Waals surface area contributed by atoms with Crippen LogP contribution >= 0.6 is 0 Å². The molecule has 0 saturated carbocycles. The summed E-state index contributed by atoms with van der Waals surface area (Å²) < 4.78 is 22.3. The average Bonchev–Trinajstić information content (AvgIpc) is 3.10. The lowest BCUT2D eigenvalue weighted by molar-refractivity contribution is -0.140. The van der Waals surface area contributed by atoms with Crippen LogP contribution in [-0.2, 0) is 31.1 Å². The SMILES string of the molecule is COc1cc(OC)c2c(c1C(=O)OCc1ccccc1)OC1=CC(=O)C(C(C)=O)C(=O)[C@]12C.